The molecule has 1 aromatic carbocycles. The molecular formula is C22H20ClFN6O3. The van der Waals surface area contributed by atoms with Crippen LogP contribution in [0.1, 0.15) is 29.8 Å². The van der Waals surface area contributed by atoms with Crippen LogP contribution in [0, 0.1) is 11.7 Å². The van der Waals surface area contributed by atoms with E-state index in [4.69, 9.17) is 17.3 Å². The number of carbonyl (C=O) groups excluding carboxylic acids is 3. The highest BCUT2D eigenvalue weighted by Crippen LogP contribution is 2.43. The number of nitrogens with one attached hydrogen (secondary N) is 1. The first kappa shape index (κ1) is 21.3. The first-order chi connectivity index (χ1) is 15.8. The van der Waals surface area contributed by atoms with Gasteiger partial charge in [-0.3, -0.25) is 19.1 Å². The molecule has 3 N–H and O–H groups in total. The molecule has 2 fully saturated rings. The zero-order chi connectivity index (χ0) is 23.3. The lowest BCUT2D eigenvalue weighted by molar-refractivity contribution is -0.141. The van der Waals surface area contributed by atoms with Crippen LogP contribution in [0.15, 0.2) is 36.4 Å². The quantitative estimate of drug-likeness (QED) is 0.554. The van der Waals surface area contributed by atoms with Gasteiger partial charge in [0.15, 0.2) is 16.7 Å². The van der Waals surface area contributed by atoms with Crippen LogP contribution in [-0.4, -0.2) is 49.5 Å². The average molecular weight is 471 g/mol. The monoisotopic (exact) mass is 470 g/mol. The van der Waals surface area contributed by atoms with E-state index in [1.807, 2.05) is 0 Å². The van der Waals surface area contributed by atoms with Gasteiger partial charge in [0.1, 0.15) is 18.4 Å². The van der Waals surface area contributed by atoms with E-state index in [9.17, 15) is 18.8 Å². The molecular weight excluding hydrogens is 451 g/mol. The van der Waals surface area contributed by atoms with E-state index in [-0.39, 0.29) is 41.1 Å². The van der Waals surface area contributed by atoms with Gasteiger partial charge in [-0.2, -0.15) is 5.10 Å². The Morgan fingerprint density at radius 1 is 1.18 bits per heavy atom. The summed E-state index contributed by atoms with van der Waals surface area (Å²) < 4.78 is 14.8. The summed E-state index contributed by atoms with van der Waals surface area (Å²) in [7, 11) is 0. The van der Waals surface area contributed by atoms with Gasteiger partial charge in [-0.25, -0.2) is 9.37 Å². The smallest absolute Gasteiger partial charge is 0.269 e. The SMILES string of the molecule is NC(=O)c1nn(CC(=O)N2[C@@H]3CC[C@@H](C3)[C@H]2C(=O)Nc2ccc(F)c(Cl)n2)c2ccccc12. The first-order valence-corrected chi connectivity index (χ1v) is 10.9. The highest BCUT2D eigenvalue weighted by Gasteiger charge is 2.51. The molecule has 5 rings (SSSR count). The Labute approximate surface area is 192 Å². The second kappa shape index (κ2) is 8.11. The number of pyridine rings is 1. The number of likely N-dealkylation sites (tertiary alicyclic amines) is 1. The van der Waals surface area contributed by atoms with E-state index in [1.54, 1.807) is 29.2 Å². The minimum Gasteiger partial charge on any atom is -0.364 e. The molecule has 11 heteroatoms. The number of primary amides is 1. The minimum atomic E-state index is -0.687. The number of aromatic nitrogens is 3. The summed E-state index contributed by atoms with van der Waals surface area (Å²) in [5.74, 6) is -1.91. The number of piperidine rings is 1. The van der Waals surface area contributed by atoms with Gasteiger partial charge in [-0.05, 0) is 43.4 Å². The second-order valence-electron chi connectivity index (χ2n) is 8.32. The standard InChI is InChI=1S/C22H20ClFN6O3/c23-20-14(24)7-8-16(26-20)27-22(33)19-11-5-6-12(9-11)30(19)17(31)10-29-15-4-2-1-3-13(15)18(28-29)21(25)32/h1-4,7-8,11-12,19H,5-6,9-10H2,(H2,25,32)(H,26,27,33)/t11-,12+,19-/m0/s1. The number of para-hydroxylation sites is 1. The fourth-order valence-corrected chi connectivity index (χ4v) is 5.17. The van der Waals surface area contributed by atoms with Crippen molar-refractivity contribution in [1.29, 1.82) is 0 Å². The van der Waals surface area contributed by atoms with Crippen LogP contribution in [0.2, 0.25) is 5.15 Å². The van der Waals surface area contributed by atoms with Gasteiger partial charge < -0.3 is 16.0 Å². The summed E-state index contributed by atoms with van der Waals surface area (Å²) in [6.07, 6.45) is 2.38. The molecule has 3 aromatic rings. The molecule has 33 heavy (non-hydrogen) atoms. The predicted molar refractivity (Wildman–Crippen MR) is 118 cm³/mol. The normalized spacial score (nSPS) is 21.5. The molecule has 2 aromatic heterocycles. The number of benzene rings is 1. The van der Waals surface area contributed by atoms with Gasteiger partial charge in [-0.1, -0.05) is 29.8 Å². The Morgan fingerprint density at radius 3 is 2.73 bits per heavy atom. The number of anilines is 1. The molecule has 170 valence electrons. The van der Waals surface area contributed by atoms with Gasteiger partial charge in [0.05, 0.1) is 5.52 Å². The van der Waals surface area contributed by atoms with Gasteiger partial charge >= 0.3 is 0 Å². The largest absolute Gasteiger partial charge is 0.364 e. The molecule has 1 aliphatic carbocycles. The Bertz CT molecular complexity index is 1290. The molecule has 3 amide bonds. The van der Waals surface area contributed by atoms with Crippen LogP contribution in [0.4, 0.5) is 10.2 Å². The molecule has 1 saturated carbocycles. The maximum Gasteiger partial charge on any atom is 0.269 e. The maximum absolute atomic E-state index is 13.4. The highest BCUT2D eigenvalue weighted by molar-refractivity contribution is 6.29. The fraction of sp³-hybridized carbons (Fsp3) is 0.318. The molecule has 0 radical (unpaired) electrons. The predicted octanol–water partition coefficient (Wildman–Crippen LogP) is 2.34. The van der Waals surface area contributed by atoms with Crippen molar-refractivity contribution in [2.75, 3.05) is 5.32 Å². The number of nitrogens with two attached hydrogens (primary N) is 1. The summed E-state index contributed by atoms with van der Waals surface area (Å²) in [5.41, 5.74) is 6.15. The van der Waals surface area contributed by atoms with Gasteiger partial charge in [-0.15, -0.1) is 0 Å². The van der Waals surface area contributed by atoms with Crippen LogP contribution in [0.25, 0.3) is 10.9 Å². The lowest BCUT2D eigenvalue weighted by Crippen LogP contribution is -2.52. The van der Waals surface area contributed by atoms with Crippen molar-refractivity contribution in [2.24, 2.45) is 11.7 Å². The summed E-state index contributed by atoms with van der Waals surface area (Å²) in [4.78, 5) is 43.7. The van der Waals surface area contributed by atoms with Gasteiger partial charge in [0.2, 0.25) is 11.8 Å². The molecule has 3 atom stereocenters. The molecule has 3 heterocycles. The molecule has 2 bridgehead atoms. The van der Waals surface area contributed by atoms with Crippen LogP contribution in [0.5, 0.6) is 0 Å². The van der Waals surface area contributed by atoms with Crippen molar-refractivity contribution < 1.29 is 18.8 Å². The van der Waals surface area contributed by atoms with Crippen LogP contribution in [-0.2, 0) is 16.1 Å². The number of rotatable bonds is 5. The lowest BCUT2D eigenvalue weighted by atomic mass is 9.97. The van der Waals surface area contributed by atoms with Gasteiger partial charge in [0, 0.05) is 11.4 Å². The minimum absolute atomic E-state index is 0.0189. The zero-order valence-corrected chi connectivity index (χ0v) is 18.1. The number of hydrogen-bond acceptors (Lipinski definition) is 5. The van der Waals surface area contributed by atoms with E-state index in [0.29, 0.717) is 10.9 Å². The van der Waals surface area contributed by atoms with Crippen molar-refractivity contribution in [3.8, 4) is 0 Å². The van der Waals surface area contributed by atoms with E-state index in [1.165, 1.54) is 10.7 Å². The number of halogens is 2. The summed E-state index contributed by atoms with van der Waals surface area (Å²) >= 11 is 5.72. The lowest BCUT2D eigenvalue weighted by Gasteiger charge is -2.34. The van der Waals surface area contributed by atoms with Crippen molar-refractivity contribution >= 4 is 46.0 Å². The van der Waals surface area contributed by atoms with Gasteiger partial charge in [0.25, 0.3) is 5.91 Å². The Kier molecular flexibility index (Phi) is 5.24. The van der Waals surface area contributed by atoms with E-state index in [0.717, 1.165) is 25.3 Å². The summed E-state index contributed by atoms with van der Waals surface area (Å²) in [5, 5.41) is 7.13. The van der Waals surface area contributed by atoms with Crippen molar-refractivity contribution in [3.05, 3.63) is 53.1 Å². The Balaban J connectivity index is 1.40. The number of hydrogen-bond donors (Lipinski definition) is 2. The van der Waals surface area contributed by atoms with Crippen molar-refractivity contribution in [2.45, 2.75) is 37.9 Å². The number of carbonyl (C=O) groups is 3. The molecule has 0 spiro atoms. The number of nitrogens with zero attached hydrogens (tertiary/aromatic N) is 4. The zero-order valence-electron chi connectivity index (χ0n) is 17.4. The number of fused-ring (bicyclic) bond motifs is 3. The Morgan fingerprint density at radius 2 is 1.97 bits per heavy atom. The molecule has 9 nitrogen and oxygen atoms in total. The third-order valence-corrected chi connectivity index (χ3v) is 6.64. The third-order valence-electron chi connectivity index (χ3n) is 6.37. The first-order valence-electron chi connectivity index (χ1n) is 10.5. The maximum atomic E-state index is 13.4. The topological polar surface area (TPSA) is 123 Å². The Hall–Kier alpha value is -3.53. The van der Waals surface area contributed by atoms with E-state index in [2.05, 4.69) is 15.4 Å². The second-order valence-corrected chi connectivity index (χ2v) is 8.68. The van der Waals surface area contributed by atoms with E-state index < -0.39 is 23.7 Å². The fourth-order valence-electron chi connectivity index (χ4n) is 5.01. The van der Waals surface area contributed by atoms with Crippen LogP contribution < -0.4 is 11.1 Å². The molecule has 1 aliphatic heterocycles. The van der Waals surface area contributed by atoms with Crippen molar-refractivity contribution in [1.82, 2.24) is 19.7 Å². The van der Waals surface area contributed by atoms with Crippen LogP contribution in [0.3, 0.4) is 0 Å². The summed E-state index contributed by atoms with van der Waals surface area (Å²) in [6, 6.07) is 8.72. The van der Waals surface area contributed by atoms with Crippen LogP contribution >= 0.6 is 11.6 Å². The molecule has 1 saturated heterocycles. The van der Waals surface area contributed by atoms with E-state index >= 15 is 0 Å². The highest BCUT2D eigenvalue weighted by atomic mass is 35.5. The average Bonchev–Trinajstić information content (AvgIpc) is 3.49. The van der Waals surface area contributed by atoms with Crippen molar-refractivity contribution in [3.63, 3.8) is 0 Å². The molecule has 2 aliphatic rings. The summed E-state index contributed by atoms with van der Waals surface area (Å²) in [6.45, 7) is -0.137. The molecule has 0 unspecified atom stereocenters. The number of amides is 3. The third kappa shape index (κ3) is 3.70.